The third-order valence-electron chi connectivity index (χ3n) is 3.40. The second-order valence-electron chi connectivity index (χ2n) is 5.27. The highest BCUT2D eigenvalue weighted by atomic mass is 16.5. The molecule has 0 aliphatic heterocycles. The van der Waals surface area contributed by atoms with Crippen molar-refractivity contribution in [1.82, 2.24) is 10.3 Å². The topological polar surface area (TPSA) is 112 Å². The average molecular weight is 332 g/mol. The van der Waals surface area contributed by atoms with Crippen LogP contribution >= 0.6 is 0 Å². The van der Waals surface area contributed by atoms with Crippen LogP contribution in [0, 0.1) is 0 Å². The number of aromatic nitrogens is 1. The van der Waals surface area contributed by atoms with Crippen LogP contribution in [-0.2, 0) is 11.3 Å². The summed E-state index contributed by atoms with van der Waals surface area (Å²) in [7, 11) is 0. The molecule has 0 fully saturated rings. The summed E-state index contributed by atoms with van der Waals surface area (Å²) in [5, 5.41) is 22.4. The summed E-state index contributed by atoms with van der Waals surface area (Å²) >= 11 is 0. The first-order chi connectivity index (χ1) is 11.6. The summed E-state index contributed by atoms with van der Waals surface area (Å²) in [6, 6.07) is 11.8. The van der Waals surface area contributed by atoms with Gasteiger partial charge in [0.2, 0.25) is 0 Å². The minimum Gasteiger partial charge on any atom is -0.445 e. The fourth-order valence-electron chi connectivity index (χ4n) is 2.10. The molecule has 2 rings (SSSR count). The Morgan fingerprint density at radius 2 is 1.96 bits per heavy atom. The van der Waals surface area contributed by atoms with Crippen LogP contribution in [0.3, 0.4) is 0 Å². The molecule has 2 aromatic rings. The third-order valence-corrected chi connectivity index (χ3v) is 3.40. The van der Waals surface area contributed by atoms with Gasteiger partial charge in [-0.05, 0) is 12.0 Å². The molecule has 7 nitrogen and oxygen atoms in total. The van der Waals surface area contributed by atoms with Crippen molar-refractivity contribution in [2.45, 2.75) is 25.2 Å². The van der Waals surface area contributed by atoms with E-state index in [1.54, 1.807) is 0 Å². The van der Waals surface area contributed by atoms with Gasteiger partial charge in [-0.3, -0.25) is 4.79 Å². The van der Waals surface area contributed by atoms with E-state index in [1.807, 2.05) is 30.3 Å². The Hall–Kier alpha value is -2.64. The predicted octanol–water partition coefficient (Wildman–Crippen LogP) is 1.09. The third kappa shape index (κ3) is 5.53. The molecule has 0 aliphatic rings. The Labute approximate surface area is 138 Å². The van der Waals surface area contributed by atoms with Crippen LogP contribution < -0.4 is 10.7 Å². The highest BCUT2D eigenvalue weighted by Gasteiger charge is 2.19. The fraction of sp³-hybridized carbons (Fsp3) is 0.294. The van der Waals surface area contributed by atoms with E-state index >= 15 is 0 Å². The number of hydrogen-bond donors (Lipinski definition) is 4. The number of ether oxygens (including phenoxy) is 1. The number of rotatable bonds is 7. The zero-order chi connectivity index (χ0) is 17.4. The minimum absolute atomic E-state index is 0.110. The number of H-pyrrole nitrogens is 1. The second-order valence-corrected chi connectivity index (χ2v) is 5.27. The number of carbonyl (C=O) groups excluding carboxylic acids is 1. The summed E-state index contributed by atoms with van der Waals surface area (Å²) in [6.45, 7) is 0.284. The van der Waals surface area contributed by atoms with Crippen molar-refractivity contribution in [3.05, 3.63) is 70.1 Å². The lowest BCUT2D eigenvalue weighted by molar-refractivity contribution is 0.0111. The quantitative estimate of drug-likeness (QED) is 0.606. The van der Waals surface area contributed by atoms with Crippen LogP contribution in [-0.4, -0.2) is 33.9 Å². The molecule has 1 amide bonds. The lowest BCUT2D eigenvalue weighted by Crippen LogP contribution is -2.30. The summed E-state index contributed by atoms with van der Waals surface area (Å²) in [4.78, 5) is 25.5. The zero-order valence-electron chi connectivity index (χ0n) is 13.0. The molecule has 4 N–H and O–H groups in total. The van der Waals surface area contributed by atoms with Crippen molar-refractivity contribution in [1.29, 1.82) is 0 Å². The smallest absolute Gasteiger partial charge is 0.407 e. The number of nitrogens with one attached hydrogen (secondary N) is 2. The molecular formula is C17H20N2O5. The largest absolute Gasteiger partial charge is 0.445 e. The maximum atomic E-state index is 11.6. The van der Waals surface area contributed by atoms with E-state index in [2.05, 4.69) is 10.3 Å². The van der Waals surface area contributed by atoms with E-state index in [0.29, 0.717) is 0 Å². The number of aromatic amines is 1. The van der Waals surface area contributed by atoms with Gasteiger partial charge in [-0.2, -0.15) is 0 Å². The lowest BCUT2D eigenvalue weighted by atomic mass is 10.1. The Kier molecular flexibility index (Phi) is 6.53. The summed E-state index contributed by atoms with van der Waals surface area (Å²) < 4.78 is 5.03. The maximum Gasteiger partial charge on any atom is 0.407 e. The monoisotopic (exact) mass is 332 g/mol. The maximum absolute atomic E-state index is 11.6. The molecule has 0 saturated carbocycles. The molecule has 7 heteroatoms. The van der Waals surface area contributed by atoms with Gasteiger partial charge in [0.25, 0.3) is 0 Å². The van der Waals surface area contributed by atoms with Gasteiger partial charge in [0.05, 0.1) is 11.8 Å². The first-order valence-corrected chi connectivity index (χ1v) is 7.55. The first-order valence-electron chi connectivity index (χ1n) is 7.55. The summed E-state index contributed by atoms with van der Waals surface area (Å²) in [5.41, 5.74) is 0.829. The summed E-state index contributed by atoms with van der Waals surface area (Å²) in [5.74, 6) is 0. The van der Waals surface area contributed by atoms with Gasteiger partial charge in [-0.1, -0.05) is 30.3 Å². The molecule has 0 saturated heterocycles. The number of amides is 1. The van der Waals surface area contributed by atoms with Crippen LogP contribution in [0.5, 0.6) is 0 Å². The molecule has 0 spiro atoms. The van der Waals surface area contributed by atoms with Gasteiger partial charge in [-0.15, -0.1) is 0 Å². The molecule has 24 heavy (non-hydrogen) atoms. The van der Waals surface area contributed by atoms with Crippen molar-refractivity contribution < 1.29 is 19.7 Å². The molecule has 1 aromatic heterocycles. The number of aliphatic hydroxyl groups excluding tert-OH is 2. The van der Waals surface area contributed by atoms with Crippen LogP contribution in [0.1, 0.15) is 23.8 Å². The van der Waals surface area contributed by atoms with Crippen LogP contribution in [0.15, 0.2) is 53.5 Å². The fourth-order valence-corrected chi connectivity index (χ4v) is 2.10. The van der Waals surface area contributed by atoms with Crippen molar-refractivity contribution >= 4 is 6.09 Å². The number of hydrogen-bond acceptors (Lipinski definition) is 5. The molecule has 128 valence electrons. The van der Waals surface area contributed by atoms with E-state index in [-0.39, 0.29) is 30.7 Å². The highest BCUT2D eigenvalue weighted by Crippen LogP contribution is 2.14. The first kappa shape index (κ1) is 17.7. The Morgan fingerprint density at radius 1 is 1.21 bits per heavy atom. The molecule has 0 radical (unpaired) electrons. The Morgan fingerprint density at radius 3 is 2.67 bits per heavy atom. The zero-order valence-corrected chi connectivity index (χ0v) is 13.0. The van der Waals surface area contributed by atoms with Gasteiger partial charge in [0.15, 0.2) is 5.43 Å². The van der Waals surface area contributed by atoms with Crippen molar-refractivity contribution in [3.8, 4) is 0 Å². The number of carbonyl (C=O) groups is 1. The molecule has 2 atom stereocenters. The molecule has 1 heterocycles. The van der Waals surface area contributed by atoms with Crippen LogP contribution in [0.2, 0.25) is 0 Å². The number of pyridine rings is 1. The van der Waals surface area contributed by atoms with E-state index in [0.717, 1.165) is 5.56 Å². The van der Waals surface area contributed by atoms with Crippen molar-refractivity contribution in [3.63, 3.8) is 0 Å². The summed E-state index contributed by atoms with van der Waals surface area (Å²) in [6.07, 6.45) is -1.46. The van der Waals surface area contributed by atoms with Crippen molar-refractivity contribution in [2.24, 2.45) is 0 Å². The van der Waals surface area contributed by atoms with Gasteiger partial charge in [-0.25, -0.2) is 4.79 Å². The Bertz CT molecular complexity index is 701. The highest BCUT2D eigenvalue weighted by molar-refractivity contribution is 5.67. The number of alkyl carbamates (subject to hydrolysis) is 1. The standard InChI is InChI=1S/C17H20N2O5/c20-13-6-8-18-14(10-13)16(22)15(21)7-9-19-17(23)24-11-12-4-2-1-3-5-12/h1-6,8,10,15-16,21-22H,7,9,11H2,(H,18,20)(H,19,23). The van der Waals surface area contributed by atoms with E-state index in [4.69, 9.17) is 4.74 Å². The number of benzene rings is 1. The number of aliphatic hydroxyl groups is 2. The van der Waals surface area contributed by atoms with E-state index in [9.17, 15) is 19.8 Å². The van der Waals surface area contributed by atoms with Gasteiger partial charge in [0.1, 0.15) is 12.7 Å². The molecule has 0 aliphatic carbocycles. The lowest BCUT2D eigenvalue weighted by Gasteiger charge is -2.17. The minimum atomic E-state index is -1.24. The Balaban J connectivity index is 1.71. The van der Waals surface area contributed by atoms with Crippen LogP contribution in [0.4, 0.5) is 4.79 Å². The molecule has 0 bridgehead atoms. The van der Waals surface area contributed by atoms with Crippen molar-refractivity contribution in [2.75, 3.05) is 6.54 Å². The normalized spacial score (nSPS) is 13.1. The molecule has 1 aromatic carbocycles. The van der Waals surface area contributed by atoms with E-state index in [1.165, 1.54) is 18.3 Å². The molecule has 2 unspecified atom stereocenters. The van der Waals surface area contributed by atoms with Gasteiger partial charge >= 0.3 is 6.09 Å². The molecular weight excluding hydrogens is 312 g/mol. The van der Waals surface area contributed by atoms with Crippen LogP contribution in [0.25, 0.3) is 0 Å². The van der Waals surface area contributed by atoms with Gasteiger partial charge < -0.3 is 25.3 Å². The predicted molar refractivity (Wildman–Crippen MR) is 87.3 cm³/mol. The average Bonchev–Trinajstić information content (AvgIpc) is 2.60. The van der Waals surface area contributed by atoms with E-state index < -0.39 is 18.3 Å². The SMILES string of the molecule is O=C(NCCC(O)C(O)c1cc(=O)cc[nH]1)OCc1ccccc1. The van der Waals surface area contributed by atoms with Gasteiger partial charge in [0, 0.05) is 24.9 Å². The second kappa shape index (κ2) is 8.85.